The lowest BCUT2D eigenvalue weighted by Crippen LogP contribution is -2.40. The lowest BCUT2D eigenvalue weighted by molar-refractivity contribution is -0.135. The van der Waals surface area contributed by atoms with Crippen LogP contribution in [0.1, 0.15) is 61.9 Å². The lowest BCUT2D eigenvalue weighted by atomic mass is 9.90. The quantitative estimate of drug-likeness (QED) is 0.816. The fourth-order valence-electron chi connectivity index (χ4n) is 3.72. The number of benzene rings is 1. The molecule has 1 aromatic heterocycles. The van der Waals surface area contributed by atoms with Gasteiger partial charge >= 0.3 is 0 Å². The average molecular weight is 401 g/mol. The fraction of sp³-hybridized carbons (Fsp3) is 0.500. The summed E-state index contributed by atoms with van der Waals surface area (Å²) in [6.07, 6.45) is 6.43. The molecule has 1 aliphatic heterocycles. The number of rotatable bonds is 5. The predicted octanol–water partition coefficient (Wildman–Crippen LogP) is 4.12. The van der Waals surface area contributed by atoms with E-state index >= 15 is 0 Å². The van der Waals surface area contributed by atoms with Crippen molar-refractivity contribution in [2.75, 3.05) is 12.4 Å². The number of aromatic nitrogens is 2. The molecule has 0 bridgehead atoms. The van der Waals surface area contributed by atoms with Gasteiger partial charge in [0, 0.05) is 17.9 Å². The van der Waals surface area contributed by atoms with E-state index in [1.54, 1.807) is 14.0 Å². The number of nitrogens with zero attached hydrogens (tertiary/aromatic N) is 3. The number of methoxy groups -OCH3 is 1. The molecule has 28 heavy (non-hydrogen) atoms. The molecule has 4 rings (SSSR count). The van der Waals surface area contributed by atoms with E-state index < -0.39 is 5.60 Å². The first-order valence-electron chi connectivity index (χ1n) is 9.62. The number of hydrogen-bond acceptors (Lipinski definition) is 7. The van der Waals surface area contributed by atoms with E-state index in [-0.39, 0.29) is 5.91 Å². The molecule has 1 fully saturated rings. The van der Waals surface area contributed by atoms with E-state index in [1.807, 2.05) is 24.3 Å². The number of carbonyl (C=O) groups excluding carboxylic acids is 1. The molecule has 8 heteroatoms. The van der Waals surface area contributed by atoms with Gasteiger partial charge in [-0.3, -0.25) is 10.1 Å². The first kappa shape index (κ1) is 18.9. The highest BCUT2D eigenvalue weighted by Crippen LogP contribution is 2.36. The smallest absolute Gasteiger partial charge is 0.273 e. The summed E-state index contributed by atoms with van der Waals surface area (Å²) in [5.74, 6) is 0.902. The molecule has 1 amide bonds. The van der Waals surface area contributed by atoms with Crippen molar-refractivity contribution in [1.29, 1.82) is 0 Å². The lowest BCUT2D eigenvalue weighted by Gasteiger charge is -2.19. The van der Waals surface area contributed by atoms with Gasteiger partial charge in [0.1, 0.15) is 10.8 Å². The first-order valence-corrected chi connectivity index (χ1v) is 10.4. The molecule has 1 atom stereocenters. The first-order chi connectivity index (χ1) is 13.6. The maximum atomic E-state index is 12.9. The Kier molecular flexibility index (Phi) is 5.30. The summed E-state index contributed by atoms with van der Waals surface area (Å²) in [7, 11) is 1.61. The van der Waals surface area contributed by atoms with Crippen LogP contribution in [0.15, 0.2) is 29.4 Å². The summed E-state index contributed by atoms with van der Waals surface area (Å²) >= 11 is 1.46. The van der Waals surface area contributed by atoms with E-state index in [0.717, 1.165) is 23.4 Å². The Hall–Kier alpha value is -2.48. The van der Waals surface area contributed by atoms with E-state index in [9.17, 15) is 4.79 Å². The van der Waals surface area contributed by atoms with Crippen LogP contribution in [0.2, 0.25) is 0 Å². The number of amides is 1. The van der Waals surface area contributed by atoms with Crippen LogP contribution in [0.5, 0.6) is 5.75 Å². The van der Waals surface area contributed by atoms with E-state index in [0.29, 0.717) is 28.9 Å². The van der Waals surface area contributed by atoms with Crippen molar-refractivity contribution in [3.8, 4) is 5.75 Å². The molecular formula is C20H24N4O3S. The summed E-state index contributed by atoms with van der Waals surface area (Å²) in [5.41, 5.74) is 0.430. The zero-order valence-corrected chi connectivity index (χ0v) is 16.9. The second kappa shape index (κ2) is 7.87. The third-order valence-electron chi connectivity index (χ3n) is 5.38. The van der Waals surface area contributed by atoms with Gasteiger partial charge in [0.05, 0.1) is 12.8 Å². The highest BCUT2D eigenvalue weighted by Gasteiger charge is 2.43. The van der Waals surface area contributed by atoms with Gasteiger partial charge < -0.3 is 9.57 Å². The molecule has 2 aliphatic rings. The number of nitrogens with one attached hydrogen (secondary N) is 1. The molecule has 1 aromatic carbocycles. The van der Waals surface area contributed by atoms with E-state index in [4.69, 9.17) is 9.57 Å². The van der Waals surface area contributed by atoms with Gasteiger partial charge in [0.25, 0.3) is 5.91 Å². The second-order valence-electron chi connectivity index (χ2n) is 7.47. The van der Waals surface area contributed by atoms with Crippen molar-refractivity contribution in [2.45, 2.75) is 57.0 Å². The Balaban J connectivity index is 1.42. The normalized spacial score (nSPS) is 22.4. The van der Waals surface area contributed by atoms with Crippen molar-refractivity contribution in [2.24, 2.45) is 5.16 Å². The molecule has 1 N–H and O–H groups in total. The number of oxime groups is 1. The summed E-state index contributed by atoms with van der Waals surface area (Å²) in [6.45, 7) is 1.73. The summed E-state index contributed by atoms with van der Waals surface area (Å²) in [4.78, 5) is 18.4. The Morgan fingerprint density at radius 2 is 2.04 bits per heavy atom. The van der Waals surface area contributed by atoms with Crippen LogP contribution in [0.25, 0.3) is 0 Å². The van der Waals surface area contributed by atoms with Crippen molar-refractivity contribution in [3.63, 3.8) is 0 Å². The standard InChI is InChI=1S/C20H24N4O3S/c1-20(12-15(24-27-20)14-10-6-7-11-16(14)26-2)18(25)21-19-23-22-17(28-19)13-8-4-3-5-9-13/h6-7,10-11,13H,3-5,8-9,12H2,1-2H3,(H,21,23,25)/t20-/m1/s1. The molecule has 0 saturated heterocycles. The molecule has 148 valence electrons. The van der Waals surface area contributed by atoms with Crippen molar-refractivity contribution in [1.82, 2.24) is 10.2 Å². The number of hydrogen-bond donors (Lipinski definition) is 1. The Labute approximate surface area is 168 Å². The predicted molar refractivity (Wildman–Crippen MR) is 108 cm³/mol. The second-order valence-corrected chi connectivity index (χ2v) is 8.48. The number of ether oxygens (including phenoxy) is 1. The van der Waals surface area contributed by atoms with Gasteiger partial charge in [-0.2, -0.15) is 0 Å². The van der Waals surface area contributed by atoms with Crippen LogP contribution in [0.4, 0.5) is 5.13 Å². The third kappa shape index (κ3) is 3.73. The maximum Gasteiger partial charge on any atom is 0.273 e. The zero-order valence-electron chi connectivity index (χ0n) is 16.1. The van der Waals surface area contributed by atoms with Crippen molar-refractivity contribution in [3.05, 3.63) is 34.8 Å². The van der Waals surface area contributed by atoms with Gasteiger partial charge in [-0.05, 0) is 31.9 Å². The minimum Gasteiger partial charge on any atom is -0.496 e. The van der Waals surface area contributed by atoms with Crippen molar-refractivity contribution >= 4 is 28.1 Å². The van der Waals surface area contributed by atoms with Crippen LogP contribution in [-0.2, 0) is 9.63 Å². The van der Waals surface area contributed by atoms with E-state index in [1.165, 1.54) is 30.6 Å². The van der Waals surface area contributed by atoms with Gasteiger partial charge in [0.15, 0.2) is 0 Å². The van der Waals surface area contributed by atoms with Crippen molar-refractivity contribution < 1.29 is 14.4 Å². The van der Waals surface area contributed by atoms with Crippen LogP contribution >= 0.6 is 11.3 Å². The summed E-state index contributed by atoms with van der Waals surface area (Å²) in [6, 6.07) is 7.57. The Morgan fingerprint density at radius 3 is 2.82 bits per heavy atom. The van der Waals surface area contributed by atoms with Gasteiger partial charge in [-0.15, -0.1) is 10.2 Å². The molecular weight excluding hydrogens is 376 g/mol. The van der Waals surface area contributed by atoms with Crippen LogP contribution in [-0.4, -0.2) is 34.5 Å². The van der Waals surface area contributed by atoms with Gasteiger partial charge in [-0.1, -0.05) is 47.9 Å². The minimum atomic E-state index is -1.09. The monoisotopic (exact) mass is 400 g/mol. The van der Waals surface area contributed by atoms with Crippen LogP contribution in [0.3, 0.4) is 0 Å². The molecule has 2 aromatic rings. The Bertz CT molecular complexity index is 891. The highest BCUT2D eigenvalue weighted by atomic mass is 32.1. The minimum absolute atomic E-state index is 0.271. The van der Waals surface area contributed by atoms with Crippen LogP contribution in [0, 0.1) is 0 Å². The Morgan fingerprint density at radius 1 is 1.25 bits per heavy atom. The molecule has 1 saturated carbocycles. The molecule has 0 unspecified atom stereocenters. The largest absolute Gasteiger partial charge is 0.496 e. The highest BCUT2D eigenvalue weighted by molar-refractivity contribution is 7.15. The maximum absolute atomic E-state index is 12.9. The molecule has 1 aliphatic carbocycles. The molecule has 7 nitrogen and oxygen atoms in total. The number of anilines is 1. The summed E-state index contributed by atoms with van der Waals surface area (Å²) in [5, 5.41) is 17.0. The molecule has 2 heterocycles. The summed E-state index contributed by atoms with van der Waals surface area (Å²) < 4.78 is 5.39. The van der Waals surface area contributed by atoms with Crippen LogP contribution < -0.4 is 10.1 Å². The third-order valence-corrected chi connectivity index (χ3v) is 6.38. The molecule has 0 spiro atoms. The SMILES string of the molecule is COc1ccccc1C1=NO[C@@](C)(C(=O)Nc2nnc(C3CCCCC3)s2)C1. The topological polar surface area (TPSA) is 85.7 Å². The van der Waals surface area contributed by atoms with E-state index in [2.05, 4.69) is 20.7 Å². The fourth-order valence-corrected chi connectivity index (χ4v) is 4.63. The van der Waals surface area contributed by atoms with Gasteiger partial charge in [-0.25, -0.2) is 0 Å². The van der Waals surface area contributed by atoms with Gasteiger partial charge in [0.2, 0.25) is 10.7 Å². The number of carbonyl (C=O) groups is 1. The average Bonchev–Trinajstić information content (AvgIpc) is 3.36. The molecule has 0 radical (unpaired) electrons. The zero-order chi connectivity index (χ0) is 19.6. The number of para-hydroxylation sites is 1.